The first-order valence-electron chi connectivity index (χ1n) is 15.2. The van der Waals surface area contributed by atoms with Gasteiger partial charge in [0.2, 0.25) is 11.3 Å². The van der Waals surface area contributed by atoms with Gasteiger partial charge in [0, 0.05) is 18.7 Å². The fourth-order valence-electron chi connectivity index (χ4n) is 5.49. The van der Waals surface area contributed by atoms with Crippen molar-refractivity contribution >= 4 is 33.6 Å². The number of fused-ring (bicyclic) bond motifs is 1. The maximum Gasteiger partial charge on any atom is 0.410 e. The highest BCUT2D eigenvalue weighted by Gasteiger charge is 2.37. The average molecular weight is 653 g/mol. The van der Waals surface area contributed by atoms with Crippen molar-refractivity contribution in [1.29, 1.82) is 0 Å². The number of hydrogen-bond acceptors (Lipinski definition) is 10. The second kappa shape index (κ2) is 12.9. The summed E-state index contributed by atoms with van der Waals surface area (Å²) < 4.78 is 25.3. The van der Waals surface area contributed by atoms with Crippen LogP contribution in [-0.2, 0) is 26.2 Å². The molecule has 1 aromatic carbocycles. The number of piperidine rings is 1. The molecule has 13 heteroatoms. The van der Waals surface area contributed by atoms with E-state index in [9.17, 15) is 19.5 Å². The van der Waals surface area contributed by atoms with E-state index in [0.29, 0.717) is 58.2 Å². The first-order valence-corrected chi connectivity index (χ1v) is 16.0. The van der Waals surface area contributed by atoms with Crippen LogP contribution in [-0.4, -0.2) is 68.7 Å². The fraction of sp³-hybridized carbons (Fsp3) is 0.485. The van der Waals surface area contributed by atoms with Crippen molar-refractivity contribution in [2.75, 3.05) is 20.2 Å². The van der Waals surface area contributed by atoms with E-state index < -0.39 is 28.5 Å². The van der Waals surface area contributed by atoms with E-state index in [0.717, 1.165) is 5.56 Å². The third-order valence-corrected chi connectivity index (χ3v) is 9.35. The summed E-state index contributed by atoms with van der Waals surface area (Å²) in [5.74, 6) is -0.194. The molecule has 0 saturated carbocycles. The van der Waals surface area contributed by atoms with Crippen LogP contribution < -0.4 is 10.2 Å². The van der Waals surface area contributed by atoms with Crippen LogP contribution in [0.25, 0.3) is 21.0 Å². The van der Waals surface area contributed by atoms with Crippen LogP contribution in [0.3, 0.4) is 0 Å². The number of oxazole rings is 1. The number of para-hydroxylation sites is 1. The number of thiophene rings is 1. The number of benzene rings is 1. The van der Waals surface area contributed by atoms with Crippen molar-refractivity contribution in [1.82, 2.24) is 19.7 Å². The van der Waals surface area contributed by atoms with Gasteiger partial charge in [0.15, 0.2) is 0 Å². The average Bonchev–Trinajstić information content (AvgIpc) is 3.66. The molecule has 4 heterocycles. The van der Waals surface area contributed by atoms with Crippen molar-refractivity contribution in [3.63, 3.8) is 0 Å². The van der Waals surface area contributed by atoms with Crippen molar-refractivity contribution < 1.29 is 33.3 Å². The maximum atomic E-state index is 13.9. The number of carbonyl (C=O) groups is 2. The lowest BCUT2D eigenvalue weighted by atomic mass is 9.88. The Hall–Kier alpha value is -4.23. The van der Waals surface area contributed by atoms with E-state index in [1.165, 1.54) is 37.6 Å². The molecule has 0 radical (unpaired) electrons. The van der Waals surface area contributed by atoms with Gasteiger partial charge < -0.3 is 28.6 Å². The number of hydrogen-bond donors (Lipinski definition) is 1. The second-order valence-corrected chi connectivity index (χ2v) is 13.9. The van der Waals surface area contributed by atoms with Gasteiger partial charge in [-0.15, -0.1) is 11.3 Å². The minimum Gasteiger partial charge on any atom is -0.496 e. The highest BCUT2D eigenvalue weighted by molar-refractivity contribution is 7.22. The molecule has 246 valence electrons. The van der Waals surface area contributed by atoms with Crippen molar-refractivity contribution in [2.24, 2.45) is 0 Å². The number of ether oxygens (including phenoxy) is 3. The fourth-order valence-corrected chi connectivity index (χ4v) is 6.69. The number of nitrogens with zero attached hydrogens (tertiary/aromatic N) is 4. The first-order chi connectivity index (χ1) is 21.7. The molecule has 12 nitrogen and oxygen atoms in total. The monoisotopic (exact) mass is 652 g/mol. The molecular formula is C33H40N4O8S. The Bertz CT molecular complexity index is 1780. The molecule has 0 aliphatic carbocycles. The summed E-state index contributed by atoms with van der Waals surface area (Å²) in [7, 11) is 1.59. The molecule has 0 bridgehead atoms. The van der Waals surface area contributed by atoms with Gasteiger partial charge in [-0.05, 0) is 66.0 Å². The Balaban J connectivity index is 1.56. The lowest BCUT2D eigenvalue weighted by molar-refractivity contribution is -0.142. The molecule has 0 spiro atoms. The Morgan fingerprint density at radius 3 is 2.46 bits per heavy atom. The number of aryl methyl sites for hydroxylation is 1. The number of carboxylic acids is 1. The van der Waals surface area contributed by atoms with Gasteiger partial charge in [-0.2, -0.15) is 5.10 Å². The molecule has 4 aromatic rings. The number of aliphatic carboxylic acids is 1. The number of rotatable bonds is 9. The zero-order valence-electron chi connectivity index (χ0n) is 27.2. The van der Waals surface area contributed by atoms with Crippen molar-refractivity contribution in [2.45, 2.75) is 84.2 Å². The molecule has 3 aromatic heterocycles. The summed E-state index contributed by atoms with van der Waals surface area (Å²) >= 11 is 1.30. The predicted octanol–water partition coefficient (Wildman–Crippen LogP) is 5.95. The minimum atomic E-state index is -1.57. The topological polar surface area (TPSA) is 146 Å². The van der Waals surface area contributed by atoms with E-state index in [2.05, 4.69) is 4.98 Å². The SMILES string of the molecule is COc1ccccc1C(Cn1nc(C(C)(C)C(=O)O)c(=O)c2c(C)c(-c3ncco3)sc21)OC1CCN(C(=O)OC(C)(C)C)CC1. The van der Waals surface area contributed by atoms with Gasteiger partial charge in [-0.1, -0.05) is 18.2 Å². The van der Waals surface area contributed by atoms with E-state index in [1.807, 2.05) is 45.0 Å². The van der Waals surface area contributed by atoms with Crippen LogP contribution in [0.15, 0.2) is 45.9 Å². The van der Waals surface area contributed by atoms with Crippen LogP contribution in [0, 0.1) is 6.92 Å². The number of carbonyl (C=O) groups excluding carboxylic acids is 1. The molecule has 1 unspecified atom stereocenters. The zero-order chi connectivity index (χ0) is 33.4. The third kappa shape index (κ3) is 6.66. The molecule has 1 aliphatic heterocycles. The van der Waals surface area contributed by atoms with Gasteiger partial charge >= 0.3 is 12.1 Å². The molecule has 1 amide bonds. The lowest BCUT2D eigenvalue weighted by Gasteiger charge is -2.35. The van der Waals surface area contributed by atoms with Gasteiger partial charge in [0.25, 0.3) is 0 Å². The first kappa shape index (κ1) is 33.1. The minimum absolute atomic E-state index is 0.0863. The largest absolute Gasteiger partial charge is 0.496 e. The summed E-state index contributed by atoms with van der Waals surface area (Å²) in [6, 6.07) is 7.52. The Morgan fingerprint density at radius 2 is 1.85 bits per heavy atom. The summed E-state index contributed by atoms with van der Waals surface area (Å²) in [6.07, 6.45) is 3.01. The summed E-state index contributed by atoms with van der Waals surface area (Å²) in [4.78, 5) is 46.1. The Morgan fingerprint density at radius 1 is 1.15 bits per heavy atom. The third-order valence-electron chi connectivity index (χ3n) is 8.05. The van der Waals surface area contributed by atoms with Gasteiger partial charge in [0.1, 0.15) is 39.7 Å². The highest BCUT2D eigenvalue weighted by atomic mass is 32.1. The van der Waals surface area contributed by atoms with Crippen LogP contribution >= 0.6 is 11.3 Å². The van der Waals surface area contributed by atoms with Crippen LogP contribution in [0.2, 0.25) is 0 Å². The van der Waals surface area contributed by atoms with Gasteiger partial charge in [-0.3, -0.25) is 14.3 Å². The van der Waals surface area contributed by atoms with Crippen LogP contribution in [0.4, 0.5) is 4.79 Å². The molecule has 1 saturated heterocycles. The normalized spacial score (nSPS) is 15.2. The molecule has 1 aliphatic rings. The zero-order valence-corrected chi connectivity index (χ0v) is 28.0. The van der Waals surface area contributed by atoms with E-state index in [4.69, 9.17) is 23.7 Å². The number of likely N-dealkylation sites (tertiary alicyclic amines) is 1. The Labute approximate surface area is 270 Å². The lowest BCUT2D eigenvalue weighted by Crippen LogP contribution is -2.43. The summed E-state index contributed by atoms with van der Waals surface area (Å²) in [5, 5.41) is 15.2. The molecule has 1 N–H and O–H groups in total. The molecule has 5 rings (SSSR count). The van der Waals surface area contributed by atoms with Crippen molar-refractivity contribution in [3.05, 3.63) is 63.8 Å². The van der Waals surface area contributed by atoms with Gasteiger partial charge in [-0.25, -0.2) is 9.78 Å². The second-order valence-electron chi connectivity index (χ2n) is 12.9. The maximum absolute atomic E-state index is 13.9. The number of aromatic nitrogens is 3. The summed E-state index contributed by atoms with van der Waals surface area (Å²) in [6.45, 7) is 11.4. The predicted molar refractivity (Wildman–Crippen MR) is 172 cm³/mol. The standard InChI is InChI=1S/C33H40N4O8S/c1-19-24-25(38)27(33(5,6)30(39)40)35-37(29(24)46-26(19)28-34-14-17-43-28)18-23(21-10-8-9-11-22(21)42-7)44-20-12-15-36(16-13-20)31(41)45-32(2,3)4/h8-11,14,17,20,23H,12-13,15-16,18H2,1-7H3,(H,39,40). The van der Waals surface area contributed by atoms with Crippen LogP contribution in [0.1, 0.15) is 70.4 Å². The van der Waals surface area contributed by atoms with E-state index >= 15 is 0 Å². The smallest absolute Gasteiger partial charge is 0.410 e. The molecule has 1 atom stereocenters. The molecular weight excluding hydrogens is 612 g/mol. The summed E-state index contributed by atoms with van der Waals surface area (Å²) in [5.41, 5.74) is -1.29. The molecule has 46 heavy (non-hydrogen) atoms. The van der Waals surface area contributed by atoms with E-state index in [-0.39, 0.29) is 24.4 Å². The van der Waals surface area contributed by atoms with E-state index in [1.54, 1.807) is 23.6 Å². The highest BCUT2D eigenvalue weighted by Crippen LogP contribution is 2.38. The number of carboxylic acid groups (broad SMARTS) is 1. The Kier molecular flexibility index (Phi) is 9.28. The van der Waals surface area contributed by atoms with Crippen molar-refractivity contribution in [3.8, 4) is 16.5 Å². The number of methoxy groups -OCH3 is 1. The van der Waals surface area contributed by atoms with Gasteiger partial charge in [0.05, 0.1) is 36.2 Å². The molecule has 1 fully saturated rings. The van der Waals surface area contributed by atoms with Crippen LogP contribution in [0.5, 0.6) is 5.75 Å². The number of amides is 1. The quantitative estimate of drug-likeness (QED) is 0.230.